The Bertz CT molecular complexity index is 768. The molecule has 1 N–H and O–H groups in total. The smallest absolute Gasteiger partial charge is 0.387 e. The highest BCUT2D eigenvalue weighted by atomic mass is 19.3. The van der Waals surface area contributed by atoms with E-state index in [1.165, 1.54) is 5.56 Å². The zero-order chi connectivity index (χ0) is 19.3. The Kier molecular flexibility index (Phi) is 5.95. The lowest BCUT2D eigenvalue weighted by Gasteiger charge is -2.35. The van der Waals surface area contributed by atoms with Gasteiger partial charge in [0.25, 0.3) is 0 Å². The number of ether oxygens (including phenoxy) is 2. The van der Waals surface area contributed by atoms with Crippen LogP contribution in [0.3, 0.4) is 0 Å². The molecule has 0 unspecified atom stereocenters. The van der Waals surface area contributed by atoms with Gasteiger partial charge < -0.3 is 19.7 Å². The molecule has 2 aliphatic rings. The Morgan fingerprint density at radius 2 is 1.89 bits per heavy atom. The molecule has 2 fully saturated rings. The van der Waals surface area contributed by atoms with Crippen molar-refractivity contribution in [3.63, 3.8) is 0 Å². The first-order chi connectivity index (χ1) is 13.7. The molecule has 0 aromatic heterocycles. The van der Waals surface area contributed by atoms with Crippen molar-refractivity contribution in [2.45, 2.75) is 31.9 Å². The maximum Gasteiger partial charge on any atom is 0.387 e. The van der Waals surface area contributed by atoms with Gasteiger partial charge in [-0.25, -0.2) is 0 Å². The molecule has 2 aromatic rings. The van der Waals surface area contributed by atoms with Gasteiger partial charge in [0, 0.05) is 37.4 Å². The minimum Gasteiger partial charge on any atom is -0.489 e. The maximum absolute atomic E-state index is 12.7. The van der Waals surface area contributed by atoms with E-state index in [9.17, 15) is 8.78 Å². The van der Waals surface area contributed by atoms with Gasteiger partial charge in [0.05, 0.1) is 6.61 Å². The van der Waals surface area contributed by atoms with E-state index in [0.717, 1.165) is 44.6 Å². The lowest BCUT2D eigenvalue weighted by molar-refractivity contribution is -0.0515. The molecule has 4 nitrogen and oxygen atoms in total. The second-order valence-corrected chi connectivity index (χ2v) is 7.55. The molecule has 1 atom stereocenters. The van der Waals surface area contributed by atoms with E-state index in [2.05, 4.69) is 39.2 Å². The summed E-state index contributed by atoms with van der Waals surface area (Å²) in [6.45, 7) is 0.296. The Morgan fingerprint density at radius 1 is 1.07 bits per heavy atom. The van der Waals surface area contributed by atoms with E-state index < -0.39 is 6.61 Å². The molecular weight excluding hydrogens is 362 g/mol. The molecule has 150 valence electrons. The van der Waals surface area contributed by atoms with Crippen molar-refractivity contribution in [3.8, 4) is 11.5 Å². The summed E-state index contributed by atoms with van der Waals surface area (Å²) in [6, 6.07) is 16.0. The molecule has 2 aromatic carbocycles. The van der Waals surface area contributed by atoms with E-state index in [-0.39, 0.29) is 5.75 Å². The fourth-order valence-electron chi connectivity index (χ4n) is 3.59. The number of benzene rings is 2. The van der Waals surface area contributed by atoms with Crippen LogP contribution in [0.25, 0.3) is 0 Å². The molecule has 0 amide bonds. The standard InChI is InChI=1S/C22H26F2N2O2/c23-22(24)28-20-9-8-19(13-21(20)27-15-17-6-7-17)26-11-10-25-18(14-26)12-16-4-2-1-3-5-16/h1-5,8-9,13,17-18,22,25H,6-7,10-12,14-15H2/t18-/m0/s1. The molecule has 1 aliphatic carbocycles. The topological polar surface area (TPSA) is 33.7 Å². The van der Waals surface area contributed by atoms with Gasteiger partial charge in [0.2, 0.25) is 0 Å². The minimum atomic E-state index is -2.86. The molecule has 1 saturated carbocycles. The van der Waals surface area contributed by atoms with Crippen molar-refractivity contribution >= 4 is 5.69 Å². The summed E-state index contributed by atoms with van der Waals surface area (Å²) in [6.07, 6.45) is 3.24. The zero-order valence-corrected chi connectivity index (χ0v) is 15.8. The van der Waals surface area contributed by atoms with E-state index in [1.807, 2.05) is 18.2 Å². The molecule has 4 rings (SSSR count). The first-order valence-electron chi connectivity index (χ1n) is 9.91. The highest BCUT2D eigenvalue weighted by molar-refractivity contribution is 5.57. The van der Waals surface area contributed by atoms with Crippen LogP contribution in [0.5, 0.6) is 11.5 Å². The summed E-state index contributed by atoms with van der Waals surface area (Å²) in [5.41, 5.74) is 2.28. The summed E-state index contributed by atoms with van der Waals surface area (Å²) in [5, 5.41) is 3.57. The van der Waals surface area contributed by atoms with E-state index in [1.54, 1.807) is 6.07 Å². The van der Waals surface area contributed by atoms with Crippen LogP contribution in [0.4, 0.5) is 14.5 Å². The lowest BCUT2D eigenvalue weighted by Crippen LogP contribution is -2.51. The van der Waals surface area contributed by atoms with E-state index in [0.29, 0.717) is 24.3 Å². The number of alkyl halides is 2. The average molecular weight is 388 g/mol. The maximum atomic E-state index is 12.7. The summed E-state index contributed by atoms with van der Waals surface area (Å²) in [5.74, 6) is 1.05. The predicted molar refractivity (Wildman–Crippen MR) is 105 cm³/mol. The van der Waals surface area contributed by atoms with Crippen molar-refractivity contribution in [2.75, 3.05) is 31.1 Å². The highest BCUT2D eigenvalue weighted by Crippen LogP contribution is 2.36. The Hall–Kier alpha value is -2.34. The molecule has 0 spiro atoms. The summed E-state index contributed by atoms with van der Waals surface area (Å²) in [7, 11) is 0. The van der Waals surface area contributed by atoms with Crippen molar-refractivity contribution in [2.24, 2.45) is 5.92 Å². The van der Waals surface area contributed by atoms with Crippen molar-refractivity contribution in [1.29, 1.82) is 0 Å². The van der Waals surface area contributed by atoms with Crippen LogP contribution in [0.1, 0.15) is 18.4 Å². The number of piperazine rings is 1. The molecule has 1 aliphatic heterocycles. The van der Waals surface area contributed by atoms with Gasteiger partial charge in [-0.2, -0.15) is 8.78 Å². The normalized spacial score (nSPS) is 19.7. The van der Waals surface area contributed by atoms with Crippen LogP contribution >= 0.6 is 0 Å². The number of halogens is 2. The van der Waals surface area contributed by atoms with Crippen LogP contribution in [0, 0.1) is 5.92 Å². The Labute approximate surface area is 164 Å². The Morgan fingerprint density at radius 3 is 2.64 bits per heavy atom. The second kappa shape index (κ2) is 8.78. The third-order valence-electron chi connectivity index (χ3n) is 5.26. The summed E-state index contributed by atoms with van der Waals surface area (Å²) in [4.78, 5) is 2.28. The number of hydrogen-bond acceptors (Lipinski definition) is 4. The van der Waals surface area contributed by atoms with Gasteiger partial charge in [-0.1, -0.05) is 30.3 Å². The highest BCUT2D eigenvalue weighted by Gasteiger charge is 2.24. The number of rotatable bonds is 8. The Balaban J connectivity index is 1.46. The van der Waals surface area contributed by atoms with Crippen LogP contribution in [-0.4, -0.2) is 38.9 Å². The molecule has 0 radical (unpaired) electrons. The number of anilines is 1. The fourth-order valence-corrected chi connectivity index (χ4v) is 3.59. The quantitative estimate of drug-likeness (QED) is 0.738. The van der Waals surface area contributed by atoms with Gasteiger partial charge in [0.15, 0.2) is 11.5 Å². The van der Waals surface area contributed by atoms with E-state index in [4.69, 9.17) is 4.74 Å². The fraction of sp³-hybridized carbons (Fsp3) is 0.455. The molecule has 6 heteroatoms. The molecular formula is C22H26F2N2O2. The van der Waals surface area contributed by atoms with Crippen LogP contribution < -0.4 is 19.7 Å². The van der Waals surface area contributed by atoms with Gasteiger partial charge in [-0.3, -0.25) is 0 Å². The van der Waals surface area contributed by atoms with Crippen LogP contribution in [-0.2, 0) is 6.42 Å². The zero-order valence-electron chi connectivity index (χ0n) is 15.8. The second-order valence-electron chi connectivity index (χ2n) is 7.55. The number of nitrogens with one attached hydrogen (secondary N) is 1. The van der Waals surface area contributed by atoms with Crippen molar-refractivity contribution in [1.82, 2.24) is 5.32 Å². The first kappa shape index (κ1) is 19.0. The summed E-state index contributed by atoms with van der Waals surface area (Å²) >= 11 is 0. The van der Waals surface area contributed by atoms with Crippen molar-refractivity contribution in [3.05, 3.63) is 54.1 Å². The predicted octanol–water partition coefficient (Wildman–Crippen LogP) is 4.10. The molecule has 1 saturated heterocycles. The van der Waals surface area contributed by atoms with Gasteiger partial charge in [-0.05, 0) is 42.9 Å². The van der Waals surface area contributed by atoms with Gasteiger partial charge in [0.1, 0.15) is 0 Å². The summed E-state index contributed by atoms with van der Waals surface area (Å²) < 4.78 is 35.9. The van der Waals surface area contributed by atoms with E-state index >= 15 is 0 Å². The monoisotopic (exact) mass is 388 g/mol. The first-order valence-corrected chi connectivity index (χ1v) is 9.91. The minimum absolute atomic E-state index is 0.107. The van der Waals surface area contributed by atoms with Gasteiger partial charge >= 0.3 is 6.61 Å². The van der Waals surface area contributed by atoms with Crippen molar-refractivity contribution < 1.29 is 18.3 Å². The average Bonchev–Trinajstić information content (AvgIpc) is 3.52. The number of hydrogen-bond donors (Lipinski definition) is 1. The third-order valence-corrected chi connectivity index (χ3v) is 5.26. The van der Waals surface area contributed by atoms with Gasteiger partial charge in [-0.15, -0.1) is 0 Å². The number of nitrogens with zero attached hydrogens (tertiary/aromatic N) is 1. The molecule has 1 heterocycles. The van der Waals surface area contributed by atoms with Crippen LogP contribution in [0.15, 0.2) is 48.5 Å². The lowest BCUT2D eigenvalue weighted by atomic mass is 10.0. The largest absolute Gasteiger partial charge is 0.489 e. The third kappa shape index (κ3) is 5.13. The molecule has 0 bridgehead atoms. The molecule has 28 heavy (non-hydrogen) atoms. The SMILES string of the molecule is FC(F)Oc1ccc(N2CCN[C@@H](Cc3ccccc3)C2)cc1OCC1CC1. The van der Waals surface area contributed by atoms with Crippen LogP contribution in [0.2, 0.25) is 0 Å².